The lowest BCUT2D eigenvalue weighted by molar-refractivity contribution is 0.150. The zero-order chi connectivity index (χ0) is 15.1. The van der Waals surface area contributed by atoms with Crippen molar-refractivity contribution < 1.29 is 14.6 Å². The molecule has 0 saturated heterocycles. The third-order valence-electron chi connectivity index (χ3n) is 3.09. The predicted octanol–water partition coefficient (Wildman–Crippen LogP) is 2.53. The van der Waals surface area contributed by atoms with Crippen molar-refractivity contribution in [1.82, 2.24) is 5.32 Å². The Hall–Kier alpha value is -1.59. The smallest absolute Gasteiger partial charge is 0.319 e. The summed E-state index contributed by atoms with van der Waals surface area (Å²) in [5.74, 6) is 0.282. The second kappa shape index (κ2) is 7.87. The van der Waals surface area contributed by atoms with Gasteiger partial charge in [0.15, 0.2) is 0 Å². The van der Waals surface area contributed by atoms with Crippen molar-refractivity contribution in [3.8, 4) is 0 Å². The van der Waals surface area contributed by atoms with E-state index in [4.69, 9.17) is 4.74 Å². The third kappa shape index (κ3) is 5.19. The molecule has 5 nitrogen and oxygen atoms in total. The molecule has 0 aliphatic heterocycles. The van der Waals surface area contributed by atoms with Crippen LogP contribution in [0.2, 0.25) is 0 Å². The first-order chi connectivity index (χ1) is 9.43. The van der Waals surface area contributed by atoms with Crippen LogP contribution in [0.4, 0.5) is 10.5 Å². The van der Waals surface area contributed by atoms with Crippen LogP contribution in [0.1, 0.15) is 32.4 Å². The Morgan fingerprint density at radius 1 is 1.35 bits per heavy atom. The van der Waals surface area contributed by atoms with Gasteiger partial charge in [0.05, 0.1) is 18.8 Å². The van der Waals surface area contributed by atoms with Crippen molar-refractivity contribution in [3.05, 3.63) is 29.8 Å². The van der Waals surface area contributed by atoms with E-state index in [0.29, 0.717) is 12.3 Å². The Morgan fingerprint density at radius 3 is 2.60 bits per heavy atom. The molecule has 0 radical (unpaired) electrons. The summed E-state index contributed by atoms with van der Waals surface area (Å²) < 4.78 is 5.09. The zero-order valence-corrected chi connectivity index (χ0v) is 12.5. The Kier molecular flexibility index (Phi) is 6.48. The van der Waals surface area contributed by atoms with Crippen LogP contribution in [0.25, 0.3) is 0 Å². The summed E-state index contributed by atoms with van der Waals surface area (Å²) in [7, 11) is 1.61. The number of carbonyl (C=O) groups is 1. The lowest BCUT2D eigenvalue weighted by Crippen LogP contribution is -2.43. The number of nitrogens with one attached hydrogen (secondary N) is 2. The number of aliphatic hydroxyl groups is 1. The van der Waals surface area contributed by atoms with E-state index in [9.17, 15) is 9.90 Å². The average Bonchev–Trinajstić information content (AvgIpc) is 2.38. The number of amides is 2. The highest BCUT2D eigenvalue weighted by Crippen LogP contribution is 2.17. The molecule has 0 bridgehead atoms. The molecule has 0 aliphatic carbocycles. The molecule has 3 N–H and O–H groups in total. The number of benzene rings is 1. The van der Waals surface area contributed by atoms with Crippen LogP contribution in [-0.4, -0.2) is 30.9 Å². The molecule has 0 aliphatic rings. The number of rotatable bonds is 6. The molecule has 0 aromatic heterocycles. The summed E-state index contributed by atoms with van der Waals surface area (Å²) in [5, 5.41) is 15.2. The molecule has 2 amide bonds. The first-order valence-electron chi connectivity index (χ1n) is 6.78. The van der Waals surface area contributed by atoms with Crippen LogP contribution in [0.15, 0.2) is 24.3 Å². The van der Waals surface area contributed by atoms with Crippen molar-refractivity contribution in [2.75, 3.05) is 19.0 Å². The van der Waals surface area contributed by atoms with Gasteiger partial charge >= 0.3 is 6.03 Å². The fourth-order valence-corrected chi connectivity index (χ4v) is 1.79. The number of hydrogen-bond donors (Lipinski definition) is 3. The molecule has 1 aromatic rings. The zero-order valence-electron chi connectivity index (χ0n) is 12.5. The van der Waals surface area contributed by atoms with Crippen LogP contribution >= 0.6 is 0 Å². The van der Waals surface area contributed by atoms with Gasteiger partial charge in [-0.1, -0.05) is 26.0 Å². The summed E-state index contributed by atoms with van der Waals surface area (Å²) in [5.41, 5.74) is 1.42. The van der Waals surface area contributed by atoms with Crippen LogP contribution < -0.4 is 10.6 Å². The molecule has 1 rings (SSSR count). The summed E-state index contributed by atoms with van der Waals surface area (Å²) >= 11 is 0. The Balaban J connectivity index is 2.63. The SMILES string of the molecule is COCC(NC(=O)Nc1cccc(C(C)O)c1)C(C)C. The second-order valence-corrected chi connectivity index (χ2v) is 5.21. The summed E-state index contributed by atoms with van der Waals surface area (Å²) in [6.07, 6.45) is -0.559. The molecular formula is C15H24N2O3. The van der Waals surface area contributed by atoms with E-state index < -0.39 is 6.10 Å². The molecule has 5 heteroatoms. The molecular weight excluding hydrogens is 256 g/mol. The lowest BCUT2D eigenvalue weighted by Gasteiger charge is -2.21. The van der Waals surface area contributed by atoms with E-state index in [0.717, 1.165) is 5.56 Å². The van der Waals surface area contributed by atoms with Gasteiger partial charge in [-0.3, -0.25) is 0 Å². The maximum absolute atomic E-state index is 11.9. The van der Waals surface area contributed by atoms with Crippen LogP contribution in [0.3, 0.4) is 0 Å². The highest BCUT2D eigenvalue weighted by atomic mass is 16.5. The normalized spacial score (nSPS) is 13.9. The van der Waals surface area contributed by atoms with Gasteiger partial charge < -0.3 is 20.5 Å². The third-order valence-corrected chi connectivity index (χ3v) is 3.09. The molecule has 0 spiro atoms. The first-order valence-corrected chi connectivity index (χ1v) is 6.78. The Bertz CT molecular complexity index is 433. The van der Waals surface area contributed by atoms with Crippen molar-refractivity contribution in [2.45, 2.75) is 32.9 Å². The average molecular weight is 280 g/mol. The monoisotopic (exact) mass is 280 g/mol. The van der Waals surface area contributed by atoms with Gasteiger partial charge in [0, 0.05) is 12.8 Å². The van der Waals surface area contributed by atoms with Crippen molar-refractivity contribution in [3.63, 3.8) is 0 Å². The fraction of sp³-hybridized carbons (Fsp3) is 0.533. The molecule has 2 atom stereocenters. The van der Waals surface area contributed by atoms with E-state index in [-0.39, 0.29) is 18.0 Å². The van der Waals surface area contributed by atoms with E-state index in [1.165, 1.54) is 0 Å². The second-order valence-electron chi connectivity index (χ2n) is 5.21. The number of carbonyl (C=O) groups excluding carboxylic acids is 1. The summed E-state index contributed by atoms with van der Waals surface area (Å²) in [6.45, 7) is 6.21. The van der Waals surface area contributed by atoms with E-state index >= 15 is 0 Å². The molecule has 0 fully saturated rings. The number of urea groups is 1. The number of aliphatic hydroxyl groups excluding tert-OH is 1. The number of anilines is 1. The summed E-state index contributed by atoms with van der Waals surface area (Å²) in [4.78, 5) is 11.9. The molecule has 0 heterocycles. The largest absolute Gasteiger partial charge is 0.389 e. The van der Waals surface area contributed by atoms with E-state index in [1.54, 1.807) is 32.2 Å². The van der Waals surface area contributed by atoms with E-state index in [1.807, 2.05) is 19.9 Å². The highest BCUT2D eigenvalue weighted by Gasteiger charge is 2.16. The number of methoxy groups -OCH3 is 1. The van der Waals surface area contributed by atoms with Gasteiger partial charge in [0.2, 0.25) is 0 Å². The standard InChI is InChI=1S/C15H24N2O3/c1-10(2)14(9-20-4)17-15(19)16-13-7-5-6-12(8-13)11(3)18/h5-8,10-11,14,18H,9H2,1-4H3,(H2,16,17,19). The topological polar surface area (TPSA) is 70.6 Å². The van der Waals surface area contributed by atoms with Gasteiger partial charge in [0.1, 0.15) is 0 Å². The number of hydrogen-bond acceptors (Lipinski definition) is 3. The Morgan fingerprint density at radius 2 is 2.05 bits per heavy atom. The quantitative estimate of drug-likeness (QED) is 0.750. The van der Waals surface area contributed by atoms with E-state index in [2.05, 4.69) is 10.6 Å². The van der Waals surface area contributed by atoms with Gasteiger partial charge in [0.25, 0.3) is 0 Å². The van der Waals surface area contributed by atoms with Crippen molar-refractivity contribution >= 4 is 11.7 Å². The molecule has 1 aromatic carbocycles. The maximum atomic E-state index is 11.9. The van der Waals surface area contributed by atoms with Gasteiger partial charge in [-0.25, -0.2) is 4.79 Å². The molecule has 2 unspecified atom stereocenters. The van der Waals surface area contributed by atoms with Crippen LogP contribution in [0.5, 0.6) is 0 Å². The highest BCUT2D eigenvalue weighted by molar-refractivity contribution is 5.89. The van der Waals surface area contributed by atoms with Gasteiger partial charge in [-0.15, -0.1) is 0 Å². The number of ether oxygens (including phenoxy) is 1. The first kappa shape index (κ1) is 16.5. The minimum Gasteiger partial charge on any atom is -0.389 e. The lowest BCUT2D eigenvalue weighted by atomic mass is 10.1. The van der Waals surface area contributed by atoms with Gasteiger partial charge in [-0.2, -0.15) is 0 Å². The molecule has 20 heavy (non-hydrogen) atoms. The van der Waals surface area contributed by atoms with Crippen molar-refractivity contribution in [2.24, 2.45) is 5.92 Å². The minimum absolute atomic E-state index is 0.0417. The van der Waals surface area contributed by atoms with Crippen molar-refractivity contribution in [1.29, 1.82) is 0 Å². The van der Waals surface area contributed by atoms with Crippen LogP contribution in [0, 0.1) is 5.92 Å². The van der Waals surface area contributed by atoms with Gasteiger partial charge in [-0.05, 0) is 30.5 Å². The fourth-order valence-electron chi connectivity index (χ4n) is 1.79. The maximum Gasteiger partial charge on any atom is 0.319 e. The minimum atomic E-state index is -0.559. The van der Waals surface area contributed by atoms with Crippen LogP contribution in [-0.2, 0) is 4.74 Å². The molecule has 112 valence electrons. The Labute approximate surface area is 120 Å². The summed E-state index contributed by atoms with van der Waals surface area (Å²) in [6, 6.07) is 6.84. The predicted molar refractivity (Wildman–Crippen MR) is 79.7 cm³/mol. The molecule has 0 saturated carbocycles.